The maximum absolute atomic E-state index is 13.1. The van der Waals surface area contributed by atoms with Crippen molar-refractivity contribution in [3.8, 4) is 0 Å². The predicted molar refractivity (Wildman–Crippen MR) is 79.0 cm³/mol. The maximum Gasteiger partial charge on any atom is 0.125 e. The Labute approximate surface area is 124 Å². The first-order chi connectivity index (χ1) is 9.06. The third kappa shape index (κ3) is 3.93. The van der Waals surface area contributed by atoms with Crippen molar-refractivity contribution < 1.29 is 9.50 Å². The molecule has 2 nitrogen and oxygen atoms in total. The van der Waals surface area contributed by atoms with Crippen molar-refractivity contribution in [3.63, 3.8) is 0 Å². The van der Waals surface area contributed by atoms with E-state index in [0.717, 1.165) is 10.0 Å². The van der Waals surface area contributed by atoms with Crippen LogP contribution < -0.4 is 5.32 Å². The van der Waals surface area contributed by atoms with Crippen LogP contribution in [0.25, 0.3) is 0 Å². The Bertz CT molecular complexity index is 562. The summed E-state index contributed by atoms with van der Waals surface area (Å²) in [5.74, 6) is -0.327. The highest BCUT2D eigenvalue weighted by molar-refractivity contribution is 9.10. The summed E-state index contributed by atoms with van der Waals surface area (Å²) in [5.41, 5.74) is 1.36. The van der Waals surface area contributed by atoms with Gasteiger partial charge in [0, 0.05) is 16.0 Å². The van der Waals surface area contributed by atoms with Gasteiger partial charge in [-0.25, -0.2) is 4.39 Å². The summed E-state index contributed by atoms with van der Waals surface area (Å²) in [7, 11) is 0. The van der Waals surface area contributed by atoms with Gasteiger partial charge >= 0.3 is 0 Å². The van der Waals surface area contributed by atoms with Crippen LogP contribution in [0, 0.1) is 5.82 Å². The van der Waals surface area contributed by atoms with Crippen LogP contribution in [0.4, 0.5) is 10.1 Å². The van der Waals surface area contributed by atoms with Gasteiger partial charge in [-0.2, -0.15) is 0 Å². The molecule has 2 rings (SSSR count). The molecular weight excluding hydrogens is 333 g/mol. The van der Waals surface area contributed by atoms with Crippen molar-refractivity contribution in [2.24, 2.45) is 0 Å². The third-order valence-electron chi connectivity index (χ3n) is 2.67. The molecule has 100 valence electrons. The largest absolute Gasteiger partial charge is 0.387 e. The number of anilines is 1. The second-order valence-electron chi connectivity index (χ2n) is 4.07. The van der Waals surface area contributed by atoms with Crippen molar-refractivity contribution >= 4 is 33.2 Å². The Kier molecular flexibility index (Phi) is 4.80. The second kappa shape index (κ2) is 6.37. The lowest BCUT2D eigenvalue weighted by Gasteiger charge is -2.14. The number of benzene rings is 2. The lowest BCUT2D eigenvalue weighted by Crippen LogP contribution is -2.12. The summed E-state index contributed by atoms with van der Waals surface area (Å²) < 4.78 is 13.8. The van der Waals surface area contributed by atoms with Gasteiger partial charge in [-0.3, -0.25) is 0 Å². The highest BCUT2D eigenvalue weighted by Crippen LogP contribution is 2.24. The van der Waals surface area contributed by atoms with E-state index in [1.54, 1.807) is 30.3 Å². The molecule has 2 aromatic rings. The lowest BCUT2D eigenvalue weighted by atomic mass is 10.1. The molecule has 0 saturated heterocycles. The first kappa shape index (κ1) is 14.3. The predicted octanol–water partition coefficient (Wildman–Crippen LogP) is 4.39. The molecular formula is C14H12BrClFNO. The van der Waals surface area contributed by atoms with Crippen molar-refractivity contribution in [2.75, 3.05) is 11.9 Å². The Morgan fingerprint density at radius 2 is 1.89 bits per heavy atom. The molecule has 0 fully saturated rings. The summed E-state index contributed by atoms with van der Waals surface area (Å²) in [6.07, 6.45) is -0.688. The number of nitrogens with one attached hydrogen (secondary N) is 1. The molecule has 0 aliphatic carbocycles. The highest BCUT2D eigenvalue weighted by Gasteiger charge is 2.08. The van der Waals surface area contributed by atoms with E-state index in [1.807, 2.05) is 0 Å². The average molecular weight is 345 g/mol. The van der Waals surface area contributed by atoms with Crippen molar-refractivity contribution in [2.45, 2.75) is 6.10 Å². The fourth-order valence-electron chi connectivity index (χ4n) is 1.64. The van der Waals surface area contributed by atoms with E-state index in [4.69, 9.17) is 11.6 Å². The first-order valence-corrected chi connectivity index (χ1v) is 6.86. The fraction of sp³-hybridized carbons (Fsp3) is 0.143. The molecule has 1 atom stereocenters. The van der Waals surface area contributed by atoms with E-state index in [9.17, 15) is 9.50 Å². The Hall–Kier alpha value is -1.10. The average Bonchev–Trinajstić information content (AvgIpc) is 2.40. The minimum atomic E-state index is -0.688. The van der Waals surface area contributed by atoms with E-state index in [0.29, 0.717) is 10.7 Å². The summed E-state index contributed by atoms with van der Waals surface area (Å²) >= 11 is 9.10. The van der Waals surface area contributed by atoms with Gasteiger partial charge in [0.25, 0.3) is 0 Å². The highest BCUT2D eigenvalue weighted by atomic mass is 79.9. The van der Waals surface area contributed by atoms with E-state index < -0.39 is 6.10 Å². The summed E-state index contributed by atoms with van der Waals surface area (Å²) in [6.45, 7) is 0.281. The SMILES string of the molecule is OC(CNc1cc(F)ccc1Br)c1ccc(Cl)cc1. The molecule has 2 aromatic carbocycles. The molecule has 0 radical (unpaired) electrons. The Morgan fingerprint density at radius 3 is 2.58 bits per heavy atom. The van der Waals surface area contributed by atoms with E-state index in [2.05, 4.69) is 21.2 Å². The minimum Gasteiger partial charge on any atom is -0.387 e. The zero-order valence-corrected chi connectivity index (χ0v) is 12.2. The zero-order valence-electron chi connectivity index (χ0n) is 9.91. The van der Waals surface area contributed by atoms with E-state index >= 15 is 0 Å². The molecule has 0 aliphatic rings. The molecule has 19 heavy (non-hydrogen) atoms. The second-order valence-corrected chi connectivity index (χ2v) is 5.36. The lowest BCUT2D eigenvalue weighted by molar-refractivity contribution is 0.191. The van der Waals surface area contributed by atoms with Crippen LogP contribution in [0.3, 0.4) is 0 Å². The van der Waals surface area contributed by atoms with Gasteiger partial charge < -0.3 is 10.4 Å². The normalized spacial score (nSPS) is 12.2. The van der Waals surface area contributed by atoms with E-state index in [-0.39, 0.29) is 12.4 Å². The molecule has 0 saturated carbocycles. The van der Waals surface area contributed by atoms with Gasteiger partial charge in [0.2, 0.25) is 0 Å². The molecule has 0 heterocycles. The number of halogens is 3. The van der Waals surface area contributed by atoms with Crippen molar-refractivity contribution in [1.82, 2.24) is 0 Å². The number of hydrogen-bond acceptors (Lipinski definition) is 2. The molecule has 0 bridgehead atoms. The topological polar surface area (TPSA) is 32.3 Å². The van der Waals surface area contributed by atoms with Crippen LogP contribution in [-0.2, 0) is 0 Å². The zero-order chi connectivity index (χ0) is 13.8. The van der Waals surface area contributed by atoms with Crippen LogP contribution in [0.2, 0.25) is 5.02 Å². The first-order valence-electron chi connectivity index (χ1n) is 5.69. The van der Waals surface area contributed by atoms with Gasteiger partial charge in [-0.05, 0) is 51.8 Å². The summed E-state index contributed by atoms with van der Waals surface area (Å²) in [4.78, 5) is 0. The summed E-state index contributed by atoms with van der Waals surface area (Å²) in [6, 6.07) is 11.3. The van der Waals surface area contributed by atoms with Gasteiger partial charge in [-0.1, -0.05) is 23.7 Å². The monoisotopic (exact) mass is 343 g/mol. The van der Waals surface area contributed by atoms with Crippen LogP contribution >= 0.6 is 27.5 Å². The van der Waals surface area contributed by atoms with Crippen LogP contribution in [0.5, 0.6) is 0 Å². The fourth-order valence-corrected chi connectivity index (χ4v) is 2.16. The number of aliphatic hydroxyl groups excluding tert-OH is 1. The molecule has 0 aromatic heterocycles. The number of rotatable bonds is 4. The van der Waals surface area contributed by atoms with Gasteiger partial charge in [-0.15, -0.1) is 0 Å². The molecule has 5 heteroatoms. The van der Waals surface area contributed by atoms with Crippen LogP contribution in [0.1, 0.15) is 11.7 Å². The number of aliphatic hydroxyl groups is 1. The van der Waals surface area contributed by atoms with E-state index in [1.165, 1.54) is 12.1 Å². The molecule has 0 spiro atoms. The smallest absolute Gasteiger partial charge is 0.125 e. The molecule has 0 amide bonds. The van der Waals surface area contributed by atoms with Gasteiger partial charge in [0.15, 0.2) is 0 Å². The van der Waals surface area contributed by atoms with Crippen LogP contribution in [0.15, 0.2) is 46.9 Å². The quantitative estimate of drug-likeness (QED) is 0.862. The van der Waals surface area contributed by atoms with Crippen molar-refractivity contribution in [1.29, 1.82) is 0 Å². The minimum absolute atomic E-state index is 0.281. The molecule has 2 N–H and O–H groups in total. The van der Waals surface area contributed by atoms with Gasteiger partial charge in [0.05, 0.1) is 11.8 Å². The third-order valence-corrected chi connectivity index (χ3v) is 3.61. The summed E-state index contributed by atoms with van der Waals surface area (Å²) in [5, 5.41) is 13.6. The Morgan fingerprint density at radius 1 is 1.21 bits per heavy atom. The molecule has 0 aliphatic heterocycles. The standard InChI is InChI=1S/C14H12BrClFNO/c15-12-6-5-11(17)7-13(12)18-8-14(19)9-1-3-10(16)4-2-9/h1-7,14,18-19H,8H2. The molecule has 1 unspecified atom stereocenters. The van der Waals surface area contributed by atoms with Gasteiger partial charge in [0.1, 0.15) is 5.82 Å². The maximum atomic E-state index is 13.1. The van der Waals surface area contributed by atoms with Crippen molar-refractivity contribution in [3.05, 3.63) is 63.3 Å². The number of hydrogen-bond donors (Lipinski definition) is 2. The Balaban J connectivity index is 2.02. The van der Waals surface area contributed by atoms with Crippen LogP contribution in [-0.4, -0.2) is 11.7 Å².